The van der Waals surface area contributed by atoms with Gasteiger partial charge < -0.3 is 15.4 Å². The largest absolute Gasteiger partial charge is 0.465 e. The number of carbonyl (C=O) groups excluding carboxylic acids is 1. The van der Waals surface area contributed by atoms with Crippen LogP contribution in [0.4, 0.5) is 11.4 Å². The van der Waals surface area contributed by atoms with E-state index in [9.17, 15) is 4.79 Å². The topological polar surface area (TPSA) is 63.2 Å². The molecular formula is C15H16ClN3O2S. The van der Waals surface area contributed by atoms with E-state index in [1.54, 1.807) is 18.3 Å². The summed E-state index contributed by atoms with van der Waals surface area (Å²) in [7, 11) is 1.38. The van der Waals surface area contributed by atoms with Gasteiger partial charge in [-0.3, -0.25) is 0 Å². The Morgan fingerprint density at radius 2 is 2.27 bits per heavy atom. The van der Waals surface area contributed by atoms with E-state index in [1.165, 1.54) is 31.3 Å². The van der Waals surface area contributed by atoms with Crippen LogP contribution in [0.15, 0.2) is 24.4 Å². The van der Waals surface area contributed by atoms with E-state index in [1.807, 2.05) is 6.07 Å². The fraction of sp³-hybridized carbons (Fsp3) is 0.333. The van der Waals surface area contributed by atoms with Gasteiger partial charge in [0.1, 0.15) is 0 Å². The third-order valence-corrected chi connectivity index (χ3v) is 4.47. The fourth-order valence-corrected chi connectivity index (χ4v) is 2.97. The molecule has 1 heterocycles. The van der Waals surface area contributed by atoms with Gasteiger partial charge in [-0.1, -0.05) is 11.6 Å². The molecule has 1 aromatic carbocycles. The lowest BCUT2D eigenvalue weighted by Gasteiger charge is -2.14. The predicted octanol–water partition coefficient (Wildman–Crippen LogP) is 3.77. The van der Waals surface area contributed by atoms with Gasteiger partial charge in [-0.05, 0) is 31.0 Å². The van der Waals surface area contributed by atoms with Crippen LogP contribution in [0, 0.1) is 0 Å². The van der Waals surface area contributed by atoms with Crippen molar-refractivity contribution in [2.75, 3.05) is 17.7 Å². The van der Waals surface area contributed by atoms with Crippen LogP contribution in [-0.4, -0.2) is 24.1 Å². The van der Waals surface area contributed by atoms with Crippen LogP contribution < -0.4 is 10.6 Å². The Bertz CT molecular complexity index is 685. The smallest absolute Gasteiger partial charge is 0.337 e. The van der Waals surface area contributed by atoms with E-state index in [4.69, 9.17) is 16.3 Å². The number of aromatic nitrogens is 1. The molecule has 1 fully saturated rings. The number of hydrogen-bond donors (Lipinski definition) is 2. The monoisotopic (exact) mass is 337 g/mol. The van der Waals surface area contributed by atoms with E-state index < -0.39 is 0 Å². The van der Waals surface area contributed by atoms with E-state index in [-0.39, 0.29) is 5.97 Å². The Kier molecular flexibility index (Phi) is 4.49. The quantitative estimate of drug-likeness (QED) is 0.786. The van der Waals surface area contributed by atoms with Crippen molar-refractivity contribution in [3.05, 3.63) is 39.3 Å². The number of methoxy groups -OCH3 is 1. The van der Waals surface area contributed by atoms with Gasteiger partial charge >= 0.3 is 5.97 Å². The highest BCUT2D eigenvalue weighted by Gasteiger charge is 2.22. The van der Waals surface area contributed by atoms with Crippen molar-refractivity contribution < 1.29 is 9.53 Å². The zero-order valence-electron chi connectivity index (χ0n) is 12.1. The number of anilines is 2. The highest BCUT2D eigenvalue weighted by atomic mass is 35.5. The summed E-state index contributed by atoms with van der Waals surface area (Å²) in [5.41, 5.74) is 2.39. The molecule has 7 heteroatoms. The van der Waals surface area contributed by atoms with Gasteiger partial charge in [0.2, 0.25) is 0 Å². The maximum absolute atomic E-state index is 11.7. The van der Waals surface area contributed by atoms with Gasteiger partial charge in [-0.25, -0.2) is 9.78 Å². The SMILES string of the molecule is COC(=O)c1ccc(NC2CC2)c(NCc2cnc(Cl)s2)c1. The number of benzene rings is 1. The van der Waals surface area contributed by atoms with Crippen molar-refractivity contribution in [1.29, 1.82) is 0 Å². The maximum atomic E-state index is 11.7. The molecule has 3 rings (SSSR count). The number of nitrogens with zero attached hydrogens (tertiary/aromatic N) is 1. The zero-order chi connectivity index (χ0) is 15.5. The molecule has 1 aliphatic carbocycles. The summed E-state index contributed by atoms with van der Waals surface area (Å²) < 4.78 is 5.30. The number of halogens is 1. The Labute approximate surface area is 137 Å². The molecule has 0 radical (unpaired) electrons. The van der Waals surface area contributed by atoms with Gasteiger partial charge in [-0.2, -0.15) is 0 Å². The van der Waals surface area contributed by atoms with Crippen molar-refractivity contribution in [2.45, 2.75) is 25.4 Å². The van der Waals surface area contributed by atoms with Crippen molar-refractivity contribution in [3.63, 3.8) is 0 Å². The van der Waals surface area contributed by atoms with Gasteiger partial charge in [0.25, 0.3) is 0 Å². The third kappa shape index (κ3) is 3.69. The molecule has 2 N–H and O–H groups in total. The Balaban J connectivity index is 1.79. The summed E-state index contributed by atoms with van der Waals surface area (Å²) in [5.74, 6) is -0.346. The summed E-state index contributed by atoms with van der Waals surface area (Å²) in [4.78, 5) is 16.7. The van der Waals surface area contributed by atoms with Crippen LogP contribution in [0.25, 0.3) is 0 Å². The maximum Gasteiger partial charge on any atom is 0.337 e. The van der Waals surface area contributed by atoms with Gasteiger partial charge in [-0.15, -0.1) is 11.3 Å². The molecule has 0 unspecified atom stereocenters. The average molecular weight is 338 g/mol. The fourth-order valence-electron chi connectivity index (χ4n) is 2.06. The second-order valence-corrected chi connectivity index (χ2v) is 6.80. The van der Waals surface area contributed by atoms with Crippen molar-refractivity contribution in [1.82, 2.24) is 4.98 Å². The number of hydrogen-bond acceptors (Lipinski definition) is 6. The lowest BCUT2D eigenvalue weighted by atomic mass is 10.1. The molecule has 1 saturated carbocycles. The predicted molar refractivity (Wildman–Crippen MR) is 88.9 cm³/mol. The summed E-state index contributed by atoms with van der Waals surface area (Å²) >= 11 is 7.28. The molecule has 0 atom stereocenters. The normalized spacial score (nSPS) is 13.7. The second-order valence-electron chi connectivity index (χ2n) is 5.10. The molecule has 1 aromatic heterocycles. The molecule has 2 aromatic rings. The summed E-state index contributed by atoms with van der Waals surface area (Å²) in [5, 5.41) is 6.79. The first kappa shape index (κ1) is 15.1. The molecule has 0 bridgehead atoms. The molecule has 0 spiro atoms. The van der Waals surface area contributed by atoms with Crippen molar-refractivity contribution in [2.24, 2.45) is 0 Å². The van der Waals surface area contributed by atoms with Gasteiger partial charge in [0, 0.05) is 17.1 Å². The first-order chi connectivity index (χ1) is 10.7. The highest BCUT2D eigenvalue weighted by Crippen LogP contribution is 2.31. The average Bonchev–Trinajstić information content (AvgIpc) is 3.25. The molecule has 116 valence electrons. The molecule has 0 aliphatic heterocycles. The minimum absolute atomic E-state index is 0.346. The second kappa shape index (κ2) is 6.54. The summed E-state index contributed by atoms with van der Waals surface area (Å²) in [6.07, 6.45) is 4.11. The summed E-state index contributed by atoms with van der Waals surface area (Å²) in [6.45, 7) is 0.606. The highest BCUT2D eigenvalue weighted by molar-refractivity contribution is 7.15. The lowest BCUT2D eigenvalue weighted by molar-refractivity contribution is 0.0601. The minimum Gasteiger partial charge on any atom is -0.465 e. The van der Waals surface area contributed by atoms with E-state index in [0.717, 1.165) is 16.3 Å². The number of carbonyl (C=O) groups is 1. The molecule has 5 nitrogen and oxygen atoms in total. The van der Waals surface area contributed by atoms with Crippen LogP contribution in [0.3, 0.4) is 0 Å². The van der Waals surface area contributed by atoms with Crippen LogP contribution in [0.5, 0.6) is 0 Å². The first-order valence-electron chi connectivity index (χ1n) is 6.98. The van der Waals surface area contributed by atoms with Crippen molar-refractivity contribution in [3.8, 4) is 0 Å². The molecule has 1 aliphatic rings. The van der Waals surface area contributed by atoms with Crippen molar-refractivity contribution >= 4 is 40.3 Å². The van der Waals surface area contributed by atoms with Crippen LogP contribution >= 0.6 is 22.9 Å². The van der Waals surface area contributed by atoms with Crippen LogP contribution in [-0.2, 0) is 11.3 Å². The van der Waals surface area contributed by atoms with Gasteiger partial charge in [0.05, 0.1) is 30.6 Å². The number of esters is 1. The Hall–Kier alpha value is -1.79. The molecule has 0 amide bonds. The third-order valence-electron chi connectivity index (χ3n) is 3.36. The molecule has 0 saturated heterocycles. The van der Waals surface area contributed by atoms with Crippen LogP contribution in [0.1, 0.15) is 28.1 Å². The minimum atomic E-state index is -0.346. The first-order valence-corrected chi connectivity index (χ1v) is 8.18. The van der Waals surface area contributed by atoms with Gasteiger partial charge in [0.15, 0.2) is 4.47 Å². The number of rotatable bonds is 6. The number of thiazole rings is 1. The zero-order valence-corrected chi connectivity index (χ0v) is 13.6. The Morgan fingerprint density at radius 1 is 1.45 bits per heavy atom. The van der Waals surface area contributed by atoms with E-state index in [0.29, 0.717) is 22.6 Å². The Morgan fingerprint density at radius 3 is 2.91 bits per heavy atom. The molecular weight excluding hydrogens is 322 g/mol. The van der Waals surface area contributed by atoms with E-state index >= 15 is 0 Å². The standard InChI is InChI=1S/C15H16ClN3O2S/c1-21-14(20)9-2-5-12(19-10-3-4-10)13(6-9)17-7-11-8-18-15(16)22-11/h2,5-6,8,10,17,19H,3-4,7H2,1H3. The number of ether oxygens (including phenoxy) is 1. The van der Waals surface area contributed by atoms with E-state index in [2.05, 4.69) is 15.6 Å². The lowest BCUT2D eigenvalue weighted by Crippen LogP contribution is -2.08. The molecule has 22 heavy (non-hydrogen) atoms. The number of nitrogens with one attached hydrogen (secondary N) is 2. The van der Waals surface area contributed by atoms with Crippen LogP contribution in [0.2, 0.25) is 4.47 Å². The summed E-state index contributed by atoms with van der Waals surface area (Å²) in [6, 6.07) is 6.01.